The molecule has 2 aromatic carbocycles. The summed E-state index contributed by atoms with van der Waals surface area (Å²) >= 11 is 0. The number of hydrogen-bond acceptors (Lipinski definition) is 3. The zero-order valence-corrected chi connectivity index (χ0v) is 13.6. The standard InChI is InChI=1S/C20H18N2O2/c1-15-14-20(23)22(17-10-6-7-11-18(17)24-2)19(21-15)13-12-16-8-4-3-5-9-16/h3-14H,1-2H3/b13-12+. The van der Waals surface area contributed by atoms with Gasteiger partial charge in [-0.05, 0) is 30.7 Å². The Balaban J connectivity index is 2.16. The number of ether oxygens (including phenoxy) is 1. The van der Waals surface area contributed by atoms with Gasteiger partial charge in [-0.15, -0.1) is 0 Å². The smallest absolute Gasteiger partial charge is 0.258 e. The van der Waals surface area contributed by atoms with Crippen LogP contribution in [-0.2, 0) is 0 Å². The maximum absolute atomic E-state index is 12.6. The first kappa shape index (κ1) is 15.7. The Morgan fingerprint density at radius 1 is 1.00 bits per heavy atom. The van der Waals surface area contributed by atoms with Gasteiger partial charge in [0.15, 0.2) is 0 Å². The maximum atomic E-state index is 12.6. The molecule has 0 bridgehead atoms. The van der Waals surface area contributed by atoms with Crippen molar-refractivity contribution in [2.24, 2.45) is 0 Å². The molecule has 0 spiro atoms. The number of nitrogens with zero attached hydrogens (tertiary/aromatic N) is 2. The highest BCUT2D eigenvalue weighted by atomic mass is 16.5. The van der Waals surface area contributed by atoms with Gasteiger partial charge in [-0.25, -0.2) is 4.98 Å². The molecular weight excluding hydrogens is 300 g/mol. The molecule has 0 atom stereocenters. The van der Waals surface area contributed by atoms with Crippen LogP contribution in [0.3, 0.4) is 0 Å². The molecular formula is C20H18N2O2. The molecule has 0 N–H and O–H groups in total. The number of aryl methyl sites for hydroxylation is 1. The number of aromatic nitrogens is 2. The van der Waals surface area contributed by atoms with E-state index >= 15 is 0 Å². The van der Waals surface area contributed by atoms with Crippen LogP contribution < -0.4 is 10.3 Å². The van der Waals surface area contributed by atoms with E-state index in [1.807, 2.05) is 73.7 Å². The molecule has 4 nitrogen and oxygen atoms in total. The lowest BCUT2D eigenvalue weighted by Gasteiger charge is -2.13. The lowest BCUT2D eigenvalue weighted by molar-refractivity contribution is 0.412. The minimum absolute atomic E-state index is 0.139. The Morgan fingerprint density at radius 2 is 1.71 bits per heavy atom. The van der Waals surface area contributed by atoms with E-state index in [1.54, 1.807) is 11.7 Å². The molecule has 0 saturated carbocycles. The first-order valence-electron chi connectivity index (χ1n) is 7.66. The van der Waals surface area contributed by atoms with E-state index in [0.717, 1.165) is 5.56 Å². The molecule has 0 aliphatic rings. The number of methoxy groups -OCH3 is 1. The van der Waals surface area contributed by atoms with Crippen LogP contribution in [0.5, 0.6) is 5.75 Å². The first-order chi connectivity index (χ1) is 11.7. The van der Waals surface area contributed by atoms with Gasteiger partial charge in [0.25, 0.3) is 5.56 Å². The average Bonchev–Trinajstić information content (AvgIpc) is 2.60. The molecule has 0 amide bonds. The second kappa shape index (κ2) is 6.96. The lowest BCUT2D eigenvalue weighted by Crippen LogP contribution is -2.22. The Kier molecular flexibility index (Phi) is 4.57. The van der Waals surface area contributed by atoms with E-state index in [9.17, 15) is 4.79 Å². The van der Waals surface area contributed by atoms with Gasteiger partial charge >= 0.3 is 0 Å². The van der Waals surface area contributed by atoms with Gasteiger partial charge in [-0.3, -0.25) is 9.36 Å². The topological polar surface area (TPSA) is 44.1 Å². The van der Waals surface area contributed by atoms with E-state index in [-0.39, 0.29) is 5.56 Å². The summed E-state index contributed by atoms with van der Waals surface area (Å²) < 4.78 is 6.95. The molecule has 3 rings (SSSR count). The molecule has 0 aliphatic carbocycles. The van der Waals surface area contributed by atoms with Crippen LogP contribution in [0.25, 0.3) is 17.8 Å². The van der Waals surface area contributed by atoms with Crippen LogP contribution in [0.4, 0.5) is 0 Å². The van der Waals surface area contributed by atoms with Gasteiger partial charge in [-0.1, -0.05) is 48.5 Å². The Labute approximate surface area is 140 Å². The van der Waals surface area contributed by atoms with Crippen molar-refractivity contribution < 1.29 is 4.74 Å². The second-order valence-corrected chi connectivity index (χ2v) is 5.35. The van der Waals surface area contributed by atoms with Gasteiger partial charge < -0.3 is 4.74 Å². The fourth-order valence-corrected chi connectivity index (χ4v) is 2.52. The maximum Gasteiger partial charge on any atom is 0.258 e. The van der Waals surface area contributed by atoms with Gasteiger partial charge in [0.05, 0.1) is 12.8 Å². The van der Waals surface area contributed by atoms with Gasteiger partial charge in [-0.2, -0.15) is 0 Å². The third kappa shape index (κ3) is 3.27. The van der Waals surface area contributed by atoms with Crippen molar-refractivity contribution in [3.63, 3.8) is 0 Å². The molecule has 1 aromatic heterocycles. The largest absolute Gasteiger partial charge is 0.495 e. The monoisotopic (exact) mass is 318 g/mol. The summed E-state index contributed by atoms with van der Waals surface area (Å²) in [7, 11) is 1.59. The highest BCUT2D eigenvalue weighted by molar-refractivity contribution is 5.68. The number of rotatable bonds is 4. The Hall–Kier alpha value is -3.14. The van der Waals surface area contributed by atoms with E-state index in [1.165, 1.54) is 6.07 Å². The van der Waals surface area contributed by atoms with Crippen molar-refractivity contribution in [3.8, 4) is 11.4 Å². The van der Waals surface area contributed by atoms with Crippen LogP contribution in [-0.4, -0.2) is 16.7 Å². The Morgan fingerprint density at radius 3 is 2.46 bits per heavy atom. The molecule has 24 heavy (non-hydrogen) atoms. The van der Waals surface area contributed by atoms with Crippen molar-refractivity contribution in [3.05, 3.63) is 88.1 Å². The summed E-state index contributed by atoms with van der Waals surface area (Å²) in [5.74, 6) is 1.19. The van der Waals surface area contributed by atoms with E-state index < -0.39 is 0 Å². The fourth-order valence-electron chi connectivity index (χ4n) is 2.52. The summed E-state index contributed by atoms with van der Waals surface area (Å²) in [6, 6.07) is 18.8. The Bertz CT molecular complexity index is 928. The van der Waals surface area contributed by atoms with Crippen LogP contribution in [0.1, 0.15) is 17.1 Å². The molecule has 0 radical (unpaired) electrons. The van der Waals surface area contributed by atoms with Crippen molar-refractivity contribution in [1.29, 1.82) is 0 Å². The molecule has 120 valence electrons. The quantitative estimate of drug-likeness (QED) is 0.736. The molecule has 1 heterocycles. The van der Waals surface area contributed by atoms with Gasteiger partial charge in [0.2, 0.25) is 0 Å². The van der Waals surface area contributed by atoms with Crippen molar-refractivity contribution >= 4 is 12.2 Å². The molecule has 4 heteroatoms. The summed E-state index contributed by atoms with van der Waals surface area (Å²) in [5.41, 5.74) is 2.25. The van der Waals surface area contributed by atoms with Crippen LogP contribution in [0.15, 0.2) is 65.5 Å². The summed E-state index contributed by atoms with van der Waals surface area (Å²) in [4.78, 5) is 17.1. The minimum atomic E-state index is -0.139. The summed E-state index contributed by atoms with van der Waals surface area (Å²) in [6.07, 6.45) is 3.78. The second-order valence-electron chi connectivity index (χ2n) is 5.35. The molecule has 3 aromatic rings. The van der Waals surface area contributed by atoms with Crippen LogP contribution in [0, 0.1) is 6.92 Å². The highest BCUT2D eigenvalue weighted by Crippen LogP contribution is 2.22. The van der Waals surface area contributed by atoms with Crippen molar-refractivity contribution in [2.75, 3.05) is 7.11 Å². The normalized spacial score (nSPS) is 10.9. The zero-order chi connectivity index (χ0) is 16.9. The number of hydrogen-bond donors (Lipinski definition) is 0. The van der Waals surface area contributed by atoms with E-state index in [2.05, 4.69) is 4.98 Å². The summed E-state index contributed by atoms with van der Waals surface area (Å²) in [5, 5.41) is 0. The minimum Gasteiger partial charge on any atom is -0.495 e. The molecule has 0 fully saturated rings. The first-order valence-corrected chi connectivity index (χ1v) is 7.66. The van der Waals surface area contributed by atoms with Gasteiger partial charge in [0.1, 0.15) is 11.6 Å². The SMILES string of the molecule is COc1ccccc1-n1c(/C=C/c2ccccc2)nc(C)cc1=O. The third-order valence-corrected chi connectivity index (χ3v) is 3.62. The molecule has 0 unspecified atom stereocenters. The molecule has 0 aliphatic heterocycles. The van der Waals surface area contributed by atoms with Crippen molar-refractivity contribution in [1.82, 2.24) is 9.55 Å². The number of benzene rings is 2. The third-order valence-electron chi connectivity index (χ3n) is 3.62. The van der Waals surface area contributed by atoms with Crippen LogP contribution in [0.2, 0.25) is 0 Å². The molecule has 0 saturated heterocycles. The lowest BCUT2D eigenvalue weighted by atomic mass is 10.2. The van der Waals surface area contributed by atoms with E-state index in [4.69, 9.17) is 4.74 Å². The average molecular weight is 318 g/mol. The van der Waals surface area contributed by atoms with Crippen molar-refractivity contribution in [2.45, 2.75) is 6.92 Å². The highest BCUT2D eigenvalue weighted by Gasteiger charge is 2.11. The van der Waals surface area contributed by atoms with E-state index in [0.29, 0.717) is 23.0 Å². The predicted octanol–water partition coefficient (Wildman–Crippen LogP) is 3.72. The zero-order valence-electron chi connectivity index (χ0n) is 13.6. The van der Waals surface area contributed by atoms with Gasteiger partial charge in [0, 0.05) is 11.8 Å². The fraction of sp³-hybridized carbons (Fsp3) is 0.100. The predicted molar refractivity (Wildman–Crippen MR) is 96.5 cm³/mol. The summed E-state index contributed by atoms with van der Waals surface area (Å²) in [6.45, 7) is 1.81. The number of para-hydroxylation sites is 2. The van der Waals surface area contributed by atoms with Crippen LogP contribution >= 0.6 is 0 Å².